The number of hydrogen-bond acceptors (Lipinski definition) is 9. The van der Waals surface area contributed by atoms with Crippen molar-refractivity contribution in [1.29, 1.82) is 0 Å². The van der Waals surface area contributed by atoms with Crippen LogP contribution in [0.1, 0.15) is 11.1 Å². The average Bonchev–Trinajstić information content (AvgIpc) is 3.21. The first kappa shape index (κ1) is 24.5. The van der Waals surface area contributed by atoms with Crippen LogP contribution in [0, 0.1) is 0 Å². The van der Waals surface area contributed by atoms with Crippen LogP contribution in [-0.4, -0.2) is 55.6 Å². The fourth-order valence-electron chi connectivity index (χ4n) is 3.46. The van der Waals surface area contributed by atoms with E-state index in [9.17, 15) is 26.4 Å². The lowest BCUT2D eigenvalue weighted by molar-refractivity contribution is -0.122. The fourth-order valence-corrected chi connectivity index (χ4v) is 5.81. The summed E-state index contributed by atoms with van der Waals surface area (Å²) in [5, 5.41) is 0. The van der Waals surface area contributed by atoms with Gasteiger partial charge in [-0.1, -0.05) is 72.5 Å². The summed E-state index contributed by atoms with van der Waals surface area (Å²) in [4.78, 5) is 29.2. The van der Waals surface area contributed by atoms with Crippen molar-refractivity contribution >= 4 is 69.7 Å². The van der Waals surface area contributed by atoms with E-state index in [-0.39, 0.29) is 20.7 Å². The lowest BCUT2D eigenvalue weighted by atomic mass is 10.1. The highest BCUT2D eigenvalue weighted by Gasteiger charge is 2.42. The summed E-state index contributed by atoms with van der Waals surface area (Å²) in [6.07, 6.45) is 0. The second-order valence-electron chi connectivity index (χ2n) is 7.08. The molecule has 14 heteroatoms. The summed E-state index contributed by atoms with van der Waals surface area (Å²) >= 11 is 6.10. The first-order valence-corrected chi connectivity index (χ1v) is 14.2. The number of fused-ring (bicyclic) bond motifs is 1. The average molecular weight is 541 g/mol. The molecule has 1 fully saturated rings. The van der Waals surface area contributed by atoms with Gasteiger partial charge in [-0.2, -0.15) is 16.8 Å². The number of benzene rings is 2. The molecule has 2 aliphatic heterocycles. The Hall–Kier alpha value is -2.62. The number of anilines is 1. The topological polar surface area (TPSA) is 138 Å². The predicted molar refractivity (Wildman–Crippen MR) is 129 cm³/mol. The third kappa shape index (κ3) is 4.52. The first-order valence-electron chi connectivity index (χ1n) is 9.61. The van der Waals surface area contributed by atoms with Crippen LogP contribution in [0.3, 0.4) is 0 Å². The van der Waals surface area contributed by atoms with Crippen molar-refractivity contribution in [2.24, 2.45) is 0 Å². The molecule has 10 nitrogen and oxygen atoms in total. The van der Waals surface area contributed by atoms with Crippen LogP contribution in [0.2, 0.25) is 0 Å². The number of carbonyl (C=O) groups excluding carboxylic acids is 2. The van der Waals surface area contributed by atoms with E-state index in [1.54, 1.807) is 29.2 Å². The summed E-state index contributed by atoms with van der Waals surface area (Å²) in [6, 6.07) is 16.4. The molecule has 4 rings (SSSR count). The number of nitrogens with zero attached hydrogens (tertiary/aromatic N) is 2. The number of carbonyl (C=O) groups is 2. The number of thiocarbonyl (C=S) groups is 1. The highest BCUT2D eigenvalue weighted by atomic mass is 33.2. The maximum absolute atomic E-state index is 13.4. The monoisotopic (exact) mass is 540 g/mol. The number of para-hydroxylation sites is 1. The molecule has 1 N–H and O–H groups in total. The first-order chi connectivity index (χ1) is 16.0. The van der Waals surface area contributed by atoms with Crippen molar-refractivity contribution in [3.05, 3.63) is 70.6 Å². The van der Waals surface area contributed by atoms with Crippen LogP contribution >= 0.6 is 24.0 Å². The molecule has 2 amide bonds. The molecule has 0 aromatic heterocycles. The third-order valence-corrected chi connectivity index (χ3v) is 9.24. The van der Waals surface area contributed by atoms with Crippen molar-refractivity contribution in [1.82, 2.24) is 4.90 Å². The van der Waals surface area contributed by atoms with Crippen molar-refractivity contribution in [3.63, 3.8) is 0 Å². The third-order valence-electron chi connectivity index (χ3n) is 4.98. The Kier molecular flexibility index (Phi) is 6.63. The number of amides is 2. The molecule has 0 atom stereocenters. The van der Waals surface area contributed by atoms with Crippen LogP contribution in [0.4, 0.5) is 5.69 Å². The summed E-state index contributed by atoms with van der Waals surface area (Å²) in [7, 11) is -10.7. The zero-order chi connectivity index (χ0) is 24.7. The van der Waals surface area contributed by atoms with Crippen LogP contribution in [0.5, 0.6) is 0 Å². The smallest absolute Gasteiger partial charge is 0.303 e. The minimum absolute atomic E-state index is 0.0483. The van der Waals surface area contributed by atoms with Crippen molar-refractivity contribution in [2.45, 2.75) is 6.54 Å². The van der Waals surface area contributed by atoms with Gasteiger partial charge >= 0.3 is 18.3 Å². The van der Waals surface area contributed by atoms with Crippen LogP contribution < -0.4 is 4.90 Å². The Morgan fingerprint density at radius 3 is 2.24 bits per heavy atom. The zero-order valence-corrected chi connectivity index (χ0v) is 20.4. The van der Waals surface area contributed by atoms with Gasteiger partial charge in [-0.3, -0.25) is 23.2 Å². The van der Waals surface area contributed by atoms with E-state index in [0.717, 1.165) is 22.2 Å². The highest BCUT2D eigenvalue weighted by Crippen LogP contribution is 2.44. The van der Waals surface area contributed by atoms with Gasteiger partial charge in [-0.15, -0.1) is 0 Å². The van der Waals surface area contributed by atoms with Gasteiger partial charge < -0.3 is 4.90 Å². The molecule has 0 saturated carbocycles. The van der Waals surface area contributed by atoms with E-state index in [1.165, 1.54) is 0 Å². The lowest BCUT2D eigenvalue weighted by Gasteiger charge is -2.17. The molecular weight excluding hydrogens is 524 g/mol. The van der Waals surface area contributed by atoms with Crippen molar-refractivity contribution < 1.29 is 35.2 Å². The lowest BCUT2D eigenvalue weighted by Crippen LogP contribution is -2.33. The fraction of sp³-hybridized carbons (Fsp3) is 0.150. The summed E-state index contributed by atoms with van der Waals surface area (Å²) < 4.78 is 57.4. The molecule has 1 saturated heterocycles. The minimum Gasteiger partial charge on any atom is -0.303 e. The van der Waals surface area contributed by atoms with E-state index < -0.39 is 37.4 Å². The quantitative estimate of drug-likeness (QED) is 0.240. The summed E-state index contributed by atoms with van der Waals surface area (Å²) in [5.41, 5.74) is 2.28. The van der Waals surface area contributed by atoms with Gasteiger partial charge in [0, 0.05) is 5.56 Å². The Morgan fingerprint density at radius 1 is 0.912 bits per heavy atom. The maximum atomic E-state index is 13.4. The second-order valence-corrected chi connectivity index (χ2v) is 13.1. The Balaban J connectivity index is 1.61. The Bertz CT molecular complexity index is 1440. The van der Waals surface area contributed by atoms with E-state index in [0.29, 0.717) is 17.8 Å². The minimum atomic E-state index is -5.47. The Morgan fingerprint density at radius 2 is 1.56 bits per heavy atom. The molecular formula is C20H16N2O8S4. The van der Waals surface area contributed by atoms with Gasteiger partial charge in [0.25, 0.3) is 11.8 Å². The van der Waals surface area contributed by atoms with Crippen LogP contribution in [0.15, 0.2) is 59.5 Å². The molecule has 0 radical (unpaired) electrons. The van der Waals surface area contributed by atoms with Gasteiger partial charge in [0.15, 0.2) is 0 Å². The predicted octanol–water partition coefficient (Wildman–Crippen LogP) is 1.95. The molecule has 178 valence electrons. The molecule has 0 spiro atoms. The van der Waals surface area contributed by atoms with E-state index in [2.05, 4.69) is 4.18 Å². The number of rotatable bonds is 7. The van der Waals surface area contributed by atoms with Gasteiger partial charge in [-0.05, 0) is 11.6 Å². The van der Waals surface area contributed by atoms with Crippen molar-refractivity contribution in [2.75, 3.05) is 18.1 Å². The molecule has 2 aromatic rings. The van der Waals surface area contributed by atoms with Crippen LogP contribution in [0.25, 0.3) is 5.57 Å². The molecule has 0 bridgehead atoms. The van der Waals surface area contributed by atoms with E-state index in [1.807, 2.05) is 30.3 Å². The molecule has 0 unspecified atom stereocenters. The Labute approximate surface area is 204 Å². The van der Waals surface area contributed by atoms with Gasteiger partial charge in [0.2, 0.25) is 0 Å². The molecule has 34 heavy (non-hydrogen) atoms. The van der Waals surface area contributed by atoms with Gasteiger partial charge in [-0.25, -0.2) is 0 Å². The van der Waals surface area contributed by atoms with Gasteiger partial charge in [0.1, 0.15) is 4.32 Å². The molecule has 2 aromatic carbocycles. The van der Waals surface area contributed by atoms with Crippen molar-refractivity contribution in [3.8, 4) is 0 Å². The van der Waals surface area contributed by atoms with Crippen LogP contribution in [-0.2, 0) is 38.6 Å². The zero-order valence-electron chi connectivity index (χ0n) is 17.1. The standard InChI is InChI=1S/C20H16N2O8S4/c23-18-16(14-8-4-5-9-15(14)22(18)12-13-6-2-1-3-7-13)17-19(24)21(20(31)32-17)10-11-30-34(28,29)33(25,26)27/h1-9H,10-12H2,(H,25,26,27). The highest BCUT2D eigenvalue weighted by molar-refractivity contribution is 8.63. The molecule has 2 aliphatic rings. The molecule has 0 aliphatic carbocycles. The largest absolute Gasteiger partial charge is 0.399 e. The number of thioether (sulfide) groups is 1. The maximum Gasteiger partial charge on any atom is 0.399 e. The SMILES string of the molecule is O=C1C(=C2C(=O)N(Cc3ccccc3)c3ccccc32)SC(=S)N1CCOS(=O)(=O)S(=O)(=O)O. The van der Waals surface area contributed by atoms with Gasteiger partial charge in [0.05, 0.1) is 35.9 Å². The normalized spacial score (nSPS) is 18.7. The summed E-state index contributed by atoms with van der Waals surface area (Å²) in [6.45, 7) is -0.872. The number of hydrogen-bond donors (Lipinski definition) is 1. The second kappa shape index (κ2) is 9.20. The van der Waals surface area contributed by atoms with E-state index in [4.69, 9.17) is 16.8 Å². The summed E-state index contributed by atoms with van der Waals surface area (Å²) in [5.74, 6) is -1.02. The molecule has 2 heterocycles. The van der Waals surface area contributed by atoms with E-state index >= 15 is 0 Å².